The van der Waals surface area contributed by atoms with Gasteiger partial charge in [-0.25, -0.2) is 4.98 Å². The smallest absolute Gasteiger partial charge is 0.320 e. The molecule has 7 heteroatoms. The number of rotatable bonds is 11. The molecule has 0 spiro atoms. The van der Waals surface area contributed by atoms with Gasteiger partial charge in [0, 0.05) is 17.4 Å². The number of ketones is 1. The molecule has 29 heavy (non-hydrogen) atoms. The molecule has 0 radical (unpaired) electrons. The van der Waals surface area contributed by atoms with Crippen LogP contribution >= 0.6 is 11.6 Å². The molecule has 0 bridgehead atoms. The molecule has 2 atom stereocenters. The van der Waals surface area contributed by atoms with Gasteiger partial charge in [-0.15, -0.1) is 0 Å². The highest BCUT2D eigenvalue weighted by Crippen LogP contribution is 2.40. The van der Waals surface area contributed by atoms with Crippen LogP contribution in [0.3, 0.4) is 0 Å². The van der Waals surface area contributed by atoms with Crippen molar-refractivity contribution in [1.82, 2.24) is 9.55 Å². The van der Waals surface area contributed by atoms with Crippen molar-refractivity contribution in [3.05, 3.63) is 48.0 Å². The number of hydrogen-bond donors (Lipinski definition) is 0. The van der Waals surface area contributed by atoms with E-state index in [0.717, 1.165) is 12.8 Å². The highest BCUT2D eigenvalue weighted by molar-refractivity contribution is 6.30. The Kier molecular flexibility index (Phi) is 8.26. The van der Waals surface area contributed by atoms with E-state index in [0.29, 0.717) is 17.2 Å². The Morgan fingerprint density at radius 2 is 1.90 bits per heavy atom. The maximum absolute atomic E-state index is 13.9. The summed E-state index contributed by atoms with van der Waals surface area (Å²) in [5, 5.41) is 0.564. The molecule has 6 nitrogen and oxygen atoms in total. The number of unbranched alkanes of at least 4 members (excludes halogenated alkanes) is 1. The van der Waals surface area contributed by atoms with Crippen molar-refractivity contribution in [2.24, 2.45) is 11.3 Å². The van der Waals surface area contributed by atoms with E-state index in [2.05, 4.69) is 4.98 Å². The summed E-state index contributed by atoms with van der Waals surface area (Å²) in [5.41, 5.74) is -1.31. The number of carbonyl (C=O) groups is 2. The predicted octanol–water partition coefficient (Wildman–Crippen LogP) is 5.08. The van der Waals surface area contributed by atoms with Gasteiger partial charge in [-0.2, -0.15) is 0 Å². The largest absolute Gasteiger partial charge is 0.465 e. The third-order valence-corrected chi connectivity index (χ3v) is 5.32. The minimum absolute atomic E-state index is 0.209. The van der Waals surface area contributed by atoms with Gasteiger partial charge in [-0.05, 0) is 43.5 Å². The average Bonchev–Trinajstić information content (AvgIpc) is 3.22. The monoisotopic (exact) mass is 420 g/mol. The predicted molar refractivity (Wildman–Crippen MR) is 112 cm³/mol. The van der Waals surface area contributed by atoms with E-state index in [4.69, 9.17) is 21.1 Å². The lowest BCUT2D eigenvalue weighted by atomic mass is 9.69. The summed E-state index contributed by atoms with van der Waals surface area (Å²) in [6.07, 6.45) is 5.65. The van der Waals surface area contributed by atoms with E-state index in [1.165, 1.54) is 6.33 Å². The fourth-order valence-corrected chi connectivity index (χ4v) is 3.50. The summed E-state index contributed by atoms with van der Waals surface area (Å²) in [6.45, 7) is 7.72. The standard InChI is InChI=1S/C22H29ClN2O4/c1-5-7-12-22(16(3)4,21(27)28-6-2)19(26)20(25-14-13-24-15-25)29-18-10-8-17(23)9-11-18/h8-11,13-16,20H,5-7,12H2,1-4H3. The molecule has 158 valence electrons. The van der Waals surface area contributed by atoms with E-state index in [1.807, 2.05) is 20.8 Å². The number of ether oxygens (including phenoxy) is 2. The van der Waals surface area contributed by atoms with Gasteiger partial charge in [0.05, 0.1) is 12.9 Å². The molecule has 0 saturated carbocycles. The van der Waals surface area contributed by atoms with Crippen molar-refractivity contribution in [1.29, 1.82) is 0 Å². The fraction of sp³-hybridized carbons (Fsp3) is 0.500. The van der Waals surface area contributed by atoms with E-state index in [-0.39, 0.29) is 18.3 Å². The number of esters is 1. The molecule has 2 rings (SSSR count). The van der Waals surface area contributed by atoms with E-state index in [9.17, 15) is 9.59 Å². The Balaban J connectivity index is 2.50. The Morgan fingerprint density at radius 3 is 2.41 bits per heavy atom. The summed E-state index contributed by atoms with van der Waals surface area (Å²) >= 11 is 5.96. The van der Waals surface area contributed by atoms with Gasteiger partial charge >= 0.3 is 5.97 Å². The first-order valence-electron chi connectivity index (χ1n) is 9.98. The second kappa shape index (κ2) is 10.4. The summed E-state index contributed by atoms with van der Waals surface area (Å²) in [5.74, 6) is -0.635. The molecule has 0 amide bonds. The van der Waals surface area contributed by atoms with E-state index < -0.39 is 17.6 Å². The third kappa shape index (κ3) is 5.18. The molecule has 0 fully saturated rings. The van der Waals surface area contributed by atoms with Crippen LogP contribution in [0.15, 0.2) is 43.0 Å². The maximum atomic E-state index is 13.9. The van der Waals surface area contributed by atoms with E-state index in [1.54, 1.807) is 48.1 Å². The average molecular weight is 421 g/mol. The SMILES string of the molecule is CCCCC(C(=O)OCC)(C(=O)C(Oc1ccc(Cl)cc1)n1ccnc1)C(C)C. The van der Waals surface area contributed by atoms with Crippen molar-refractivity contribution in [3.8, 4) is 5.75 Å². The molecule has 1 aromatic carbocycles. The summed E-state index contributed by atoms with van der Waals surface area (Å²) in [4.78, 5) is 31.0. The Bertz CT molecular complexity index is 790. The van der Waals surface area contributed by atoms with Crippen LogP contribution in [0.5, 0.6) is 5.75 Å². The number of hydrogen-bond acceptors (Lipinski definition) is 5. The minimum atomic E-state index is -1.31. The Hall–Kier alpha value is -2.34. The van der Waals surface area contributed by atoms with Crippen molar-refractivity contribution < 1.29 is 19.1 Å². The first-order chi connectivity index (χ1) is 13.9. The first-order valence-corrected chi connectivity index (χ1v) is 10.4. The highest BCUT2D eigenvalue weighted by Gasteiger charge is 2.52. The van der Waals surface area contributed by atoms with Crippen LogP contribution < -0.4 is 4.74 Å². The van der Waals surface area contributed by atoms with Crippen molar-refractivity contribution in [2.75, 3.05) is 6.61 Å². The number of nitrogens with zero attached hydrogens (tertiary/aromatic N) is 2. The molecule has 0 N–H and O–H groups in total. The van der Waals surface area contributed by atoms with Gasteiger partial charge in [0.1, 0.15) is 11.2 Å². The number of imidazole rings is 1. The number of carbonyl (C=O) groups excluding carboxylic acids is 2. The Labute approximate surface area is 177 Å². The van der Waals surface area contributed by atoms with Crippen LogP contribution in [-0.4, -0.2) is 27.9 Å². The number of Topliss-reactive ketones (excluding diaryl/α,β-unsaturated/α-hetero) is 1. The molecule has 0 saturated heterocycles. The molecule has 0 aliphatic heterocycles. The van der Waals surface area contributed by atoms with Gasteiger partial charge in [-0.3, -0.25) is 14.2 Å². The molecule has 1 aromatic heterocycles. The second-order valence-electron chi connectivity index (χ2n) is 7.25. The van der Waals surface area contributed by atoms with Crippen LogP contribution in [0, 0.1) is 11.3 Å². The molecule has 2 aromatic rings. The lowest BCUT2D eigenvalue weighted by Crippen LogP contribution is -2.49. The van der Waals surface area contributed by atoms with Gasteiger partial charge in [0.2, 0.25) is 12.0 Å². The molecule has 0 aliphatic carbocycles. The molecule has 0 aliphatic rings. The van der Waals surface area contributed by atoms with Gasteiger partial charge in [0.15, 0.2) is 0 Å². The normalized spacial score (nSPS) is 14.3. The number of halogens is 1. The quantitative estimate of drug-likeness (QED) is 0.374. The zero-order valence-electron chi connectivity index (χ0n) is 17.4. The summed E-state index contributed by atoms with van der Waals surface area (Å²) < 4.78 is 13.0. The Morgan fingerprint density at radius 1 is 1.21 bits per heavy atom. The first kappa shape index (κ1) is 22.9. The summed E-state index contributed by atoms with van der Waals surface area (Å²) in [7, 11) is 0. The molecule has 2 unspecified atom stereocenters. The number of aromatic nitrogens is 2. The molecular weight excluding hydrogens is 392 g/mol. The van der Waals surface area contributed by atoms with Gasteiger partial charge in [0.25, 0.3) is 0 Å². The van der Waals surface area contributed by atoms with Crippen LogP contribution in [-0.2, 0) is 14.3 Å². The zero-order valence-corrected chi connectivity index (χ0v) is 18.2. The van der Waals surface area contributed by atoms with Crippen LogP contribution in [0.2, 0.25) is 5.02 Å². The van der Waals surface area contributed by atoms with Crippen molar-refractivity contribution in [3.63, 3.8) is 0 Å². The zero-order chi connectivity index (χ0) is 21.4. The lowest BCUT2D eigenvalue weighted by Gasteiger charge is -2.36. The van der Waals surface area contributed by atoms with Crippen molar-refractivity contribution in [2.45, 2.75) is 53.2 Å². The van der Waals surface area contributed by atoms with Crippen LogP contribution in [0.25, 0.3) is 0 Å². The van der Waals surface area contributed by atoms with Crippen molar-refractivity contribution >= 4 is 23.4 Å². The number of benzene rings is 1. The molecule has 1 heterocycles. The highest BCUT2D eigenvalue weighted by atomic mass is 35.5. The lowest BCUT2D eigenvalue weighted by molar-refractivity contribution is -0.168. The van der Waals surface area contributed by atoms with Crippen LogP contribution in [0.1, 0.15) is 53.2 Å². The maximum Gasteiger partial charge on any atom is 0.320 e. The topological polar surface area (TPSA) is 70.4 Å². The summed E-state index contributed by atoms with van der Waals surface area (Å²) in [6, 6.07) is 6.74. The van der Waals surface area contributed by atoms with E-state index >= 15 is 0 Å². The minimum Gasteiger partial charge on any atom is -0.465 e. The third-order valence-electron chi connectivity index (χ3n) is 5.07. The second-order valence-corrected chi connectivity index (χ2v) is 7.68. The van der Waals surface area contributed by atoms with Crippen LogP contribution in [0.4, 0.5) is 0 Å². The van der Waals surface area contributed by atoms with Gasteiger partial charge < -0.3 is 9.47 Å². The fourth-order valence-electron chi connectivity index (χ4n) is 3.37. The van der Waals surface area contributed by atoms with Gasteiger partial charge in [-0.1, -0.05) is 45.2 Å². The molecular formula is C22H29ClN2O4.